The standard InChI is InChI=1S/C25H23NOSi/c1-16-13-19-17-9-6-8-12-23(17)27-25(19)20(14-16)22-15-24(28(2,3)4)18-10-5-7-11-21(18)26-22/h5-15H,1-4H3/i1D3. The van der Waals surface area contributed by atoms with E-state index in [9.17, 15) is 0 Å². The molecule has 0 fully saturated rings. The number of furan rings is 1. The lowest BCUT2D eigenvalue weighted by Gasteiger charge is -2.20. The maximum absolute atomic E-state index is 8.03. The Bertz CT molecular complexity index is 1460. The third-order valence-electron chi connectivity index (χ3n) is 5.28. The van der Waals surface area contributed by atoms with E-state index in [1.54, 1.807) is 12.1 Å². The first-order valence-corrected chi connectivity index (χ1v) is 13.0. The van der Waals surface area contributed by atoms with E-state index in [4.69, 9.17) is 13.5 Å². The zero-order valence-electron chi connectivity index (χ0n) is 19.2. The molecule has 0 radical (unpaired) electrons. The monoisotopic (exact) mass is 384 g/mol. The first-order chi connectivity index (χ1) is 14.6. The molecule has 0 saturated carbocycles. The second-order valence-electron chi connectivity index (χ2n) is 8.32. The first kappa shape index (κ1) is 14.1. The predicted molar refractivity (Wildman–Crippen MR) is 122 cm³/mol. The summed E-state index contributed by atoms with van der Waals surface area (Å²) in [5.74, 6) is 0. The number of fused-ring (bicyclic) bond motifs is 4. The molecule has 28 heavy (non-hydrogen) atoms. The van der Waals surface area contributed by atoms with Crippen LogP contribution in [0.25, 0.3) is 44.1 Å². The minimum atomic E-state index is -2.22. The molecule has 0 atom stereocenters. The number of hydrogen-bond donors (Lipinski definition) is 0. The zero-order valence-corrected chi connectivity index (χ0v) is 17.2. The van der Waals surface area contributed by atoms with Gasteiger partial charge in [-0.15, -0.1) is 0 Å². The molecule has 0 saturated heterocycles. The van der Waals surface area contributed by atoms with Crippen LogP contribution in [0.4, 0.5) is 0 Å². The minimum Gasteiger partial charge on any atom is -0.455 e. The SMILES string of the molecule is [2H]C([2H])([2H])c1cc(-c2cc([Si](C)(C)C)c3ccccc3n2)c2oc3ccccc3c2c1. The summed E-state index contributed by atoms with van der Waals surface area (Å²) in [5.41, 5.74) is 4.12. The molecule has 2 nitrogen and oxygen atoms in total. The van der Waals surface area contributed by atoms with Crippen LogP contribution in [-0.4, -0.2) is 13.1 Å². The zero-order chi connectivity index (χ0) is 22.0. The molecule has 3 heteroatoms. The summed E-state index contributed by atoms with van der Waals surface area (Å²) >= 11 is 0. The smallest absolute Gasteiger partial charge is 0.144 e. The van der Waals surface area contributed by atoms with Crippen molar-refractivity contribution in [3.05, 3.63) is 72.3 Å². The summed E-state index contributed by atoms with van der Waals surface area (Å²) < 4.78 is 30.3. The molecule has 2 heterocycles. The Labute approximate surface area is 170 Å². The van der Waals surface area contributed by atoms with Crippen LogP contribution in [0.2, 0.25) is 19.6 Å². The summed E-state index contributed by atoms with van der Waals surface area (Å²) in [6.45, 7) is 4.72. The summed E-state index contributed by atoms with van der Waals surface area (Å²) in [6.07, 6.45) is 0. The van der Waals surface area contributed by atoms with E-state index in [1.807, 2.05) is 42.5 Å². The molecule has 3 aromatic carbocycles. The van der Waals surface area contributed by atoms with Crippen LogP contribution in [0, 0.1) is 6.85 Å². The van der Waals surface area contributed by atoms with Crippen LogP contribution >= 0.6 is 0 Å². The highest BCUT2D eigenvalue weighted by atomic mass is 28.3. The van der Waals surface area contributed by atoms with Gasteiger partial charge in [-0.25, -0.2) is 4.98 Å². The second kappa shape index (κ2) is 6.04. The Morgan fingerprint density at radius 2 is 1.61 bits per heavy atom. The average Bonchev–Trinajstić information content (AvgIpc) is 3.09. The van der Waals surface area contributed by atoms with Crippen LogP contribution in [-0.2, 0) is 0 Å². The van der Waals surface area contributed by atoms with Gasteiger partial charge in [-0.1, -0.05) is 56.0 Å². The Kier molecular flexibility index (Phi) is 3.05. The van der Waals surface area contributed by atoms with Gasteiger partial charge >= 0.3 is 0 Å². The third-order valence-corrected chi connectivity index (χ3v) is 7.31. The fourth-order valence-corrected chi connectivity index (χ4v) is 5.54. The van der Waals surface area contributed by atoms with Gasteiger partial charge in [-0.2, -0.15) is 0 Å². The van der Waals surface area contributed by atoms with Crippen LogP contribution in [0.1, 0.15) is 9.68 Å². The average molecular weight is 385 g/mol. The van der Waals surface area contributed by atoms with E-state index in [1.165, 1.54) is 10.6 Å². The fraction of sp³-hybridized carbons (Fsp3) is 0.160. The van der Waals surface area contributed by atoms with Crippen molar-refractivity contribution in [2.75, 3.05) is 0 Å². The second-order valence-corrected chi connectivity index (χ2v) is 13.4. The van der Waals surface area contributed by atoms with Crippen LogP contribution in [0.15, 0.2) is 71.1 Å². The van der Waals surface area contributed by atoms with Crippen molar-refractivity contribution in [3.63, 3.8) is 0 Å². The number of benzene rings is 3. The molecule has 0 spiro atoms. The maximum Gasteiger partial charge on any atom is 0.144 e. The highest BCUT2D eigenvalue weighted by Gasteiger charge is 2.22. The molecule has 2 aromatic heterocycles. The van der Waals surface area contributed by atoms with Gasteiger partial charge in [0.25, 0.3) is 0 Å². The quantitative estimate of drug-likeness (QED) is 0.318. The van der Waals surface area contributed by atoms with E-state index in [2.05, 4.69) is 31.8 Å². The van der Waals surface area contributed by atoms with Crippen LogP contribution < -0.4 is 5.19 Å². The minimum absolute atomic E-state index is 0.297. The topological polar surface area (TPSA) is 26.0 Å². The van der Waals surface area contributed by atoms with Crippen molar-refractivity contribution in [2.24, 2.45) is 0 Å². The highest BCUT2D eigenvalue weighted by Crippen LogP contribution is 2.36. The Morgan fingerprint density at radius 1 is 0.857 bits per heavy atom. The number of para-hydroxylation sites is 2. The highest BCUT2D eigenvalue weighted by molar-refractivity contribution is 6.90. The van der Waals surface area contributed by atoms with Crippen molar-refractivity contribution in [2.45, 2.75) is 26.5 Å². The Morgan fingerprint density at radius 3 is 2.39 bits per heavy atom. The number of aromatic nitrogens is 1. The van der Waals surface area contributed by atoms with Crippen LogP contribution in [0.3, 0.4) is 0 Å². The van der Waals surface area contributed by atoms with Gasteiger partial charge in [-0.05, 0) is 53.3 Å². The van der Waals surface area contributed by atoms with Gasteiger partial charge in [0.05, 0.1) is 19.3 Å². The number of nitrogens with zero attached hydrogens (tertiary/aromatic N) is 1. The number of hydrogen-bond acceptors (Lipinski definition) is 2. The molecule has 0 bridgehead atoms. The normalized spacial score (nSPS) is 14.3. The van der Waals surface area contributed by atoms with E-state index in [0.29, 0.717) is 11.1 Å². The lowest BCUT2D eigenvalue weighted by atomic mass is 10.0. The number of aryl methyl sites for hydroxylation is 1. The largest absolute Gasteiger partial charge is 0.455 e. The third kappa shape index (κ3) is 2.66. The van der Waals surface area contributed by atoms with E-state index in [0.717, 1.165) is 33.1 Å². The lowest BCUT2D eigenvalue weighted by molar-refractivity contribution is 0.670. The fourth-order valence-electron chi connectivity index (χ4n) is 3.95. The summed E-state index contributed by atoms with van der Waals surface area (Å²) in [5, 5.41) is 4.19. The van der Waals surface area contributed by atoms with Crippen molar-refractivity contribution in [1.29, 1.82) is 0 Å². The summed E-state index contributed by atoms with van der Waals surface area (Å²) in [7, 11) is -1.69. The van der Waals surface area contributed by atoms with E-state index in [-0.39, 0.29) is 0 Å². The molecular formula is C25H23NOSi. The first-order valence-electron chi connectivity index (χ1n) is 11.0. The molecule has 0 amide bonds. The Hall–Kier alpha value is -2.91. The summed E-state index contributed by atoms with van der Waals surface area (Å²) in [4.78, 5) is 4.94. The molecule has 5 aromatic rings. The van der Waals surface area contributed by atoms with Crippen molar-refractivity contribution >= 4 is 46.1 Å². The van der Waals surface area contributed by atoms with Gasteiger partial charge in [0, 0.05) is 20.4 Å². The predicted octanol–water partition coefficient (Wildman–Crippen LogP) is 6.65. The van der Waals surface area contributed by atoms with Crippen molar-refractivity contribution < 1.29 is 8.53 Å². The van der Waals surface area contributed by atoms with Crippen molar-refractivity contribution in [1.82, 2.24) is 4.98 Å². The molecule has 0 aliphatic heterocycles. The Balaban J connectivity index is 1.91. The molecule has 0 aliphatic rings. The summed E-state index contributed by atoms with van der Waals surface area (Å²) in [6, 6.07) is 21.5. The maximum atomic E-state index is 8.03. The molecule has 138 valence electrons. The van der Waals surface area contributed by atoms with Crippen LogP contribution in [0.5, 0.6) is 0 Å². The molecule has 0 unspecified atom stereocenters. The molecule has 0 N–H and O–H groups in total. The van der Waals surface area contributed by atoms with Gasteiger partial charge in [0.15, 0.2) is 0 Å². The molecular weight excluding hydrogens is 358 g/mol. The van der Waals surface area contributed by atoms with E-state index >= 15 is 0 Å². The van der Waals surface area contributed by atoms with Gasteiger partial charge in [-0.3, -0.25) is 0 Å². The van der Waals surface area contributed by atoms with Crippen molar-refractivity contribution in [3.8, 4) is 11.3 Å². The molecule has 5 rings (SSSR count). The van der Waals surface area contributed by atoms with Gasteiger partial charge in [0.1, 0.15) is 11.2 Å². The van der Waals surface area contributed by atoms with Gasteiger partial charge in [0.2, 0.25) is 0 Å². The number of pyridine rings is 1. The van der Waals surface area contributed by atoms with E-state index < -0.39 is 14.9 Å². The number of rotatable bonds is 2. The molecule has 0 aliphatic carbocycles. The lowest BCUT2D eigenvalue weighted by Crippen LogP contribution is -2.38. The van der Waals surface area contributed by atoms with Gasteiger partial charge < -0.3 is 4.42 Å².